The lowest BCUT2D eigenvalue weighted by Gasteiger charge is -2.28. The van der Waals surface area contributed by atoms with Gasteiger partial charge in [-0.25, -0.2) is 26.3 Å². The highest BCUT2D eigenvalue weighted by molar-refractivity contribution is 7.90. The zero-order valence-electron chi connectivity index (χ0n) is 14.0. The van der Waals surface area contributed by atoms with E-state index in [1.54, 1.807) is 13.8 Å². The Kier molecular flexibility index (Phi) is 6.10. The summed E-state index contributed by atoms with van der Waals surface area (Å²) in [4.78, 5) is 12.2. The maximum atomic E-state index is 13.6. The van der Waals surface area contributed by atoms with E-state index in [-0.39, 0.29) is 6.04 Å². The zero-order valence-corrected chi connectivity index (χ0v) is 14.8. The van der Waals surface area contributed by atoms with Gasteiger partial charge >= 0.3 is 0 Å². The Morgan fingerprint density at radius 2 is 1.68 bits per heavy atom. The van der Waals surface area contributed by atoms with Crippen molar-refractivity contribution in [1.29, 1.82) is 0 Å². The topological polar surface area (TPSA) is 75.3 Å². The number of carbonyl (C=O) groups is 1. The molecule has 1 aliphatic carbocycles. The Labute approximate surface area is 145 Å². The van der Waals surface area contributed by atoms with Crippen molar-refractivity contribution in [2.45, 2.75) is 50.8 Å². The molecule has 0 heterocycles. The van der Waals surface area contributed by atoms with Gasteiger partial charge < -0.3 is 5.32 Å². The van der Waals surface area contributed by atoms with Crippen molar-refractivity contribution < 1.29 is 26.4 Å². The Morgan fingerprint density at radius 1 is 1.08 bits per heavy atom. The fourth-order valence-electron chi connectivity index (χ4n) is 2.70. The van der Waals surface area contributed by atoms with Gasteiger partial charge in [0.25, 0.3) is 0 Å². The van der Waals surface area contributed by atoms with Crippen molar-refractivity contribution in [1.82, 2.24) is 4.72 Å². The molecule has 1 aliphatic rings. The van der Waals surface area contributed by atoms with E-state index in [9.17, 15) is 26.4 Å². The largest absolute Gasteiger partial charge is 0.323 e. The van der Waals surface area contributed by atoms with Crippen LogP contribution in [0.5, 0.6) is 0 Å². The predicted octanol–water partition coefficient (Wildman–Crippen LogP) is 2.93. The van der Waals surface area contributed by atoms with Gasteiger partial charge in [-0.2, -0.15) is 0 Å². The van der Waals surface area contributed by atoms with Crippen molar-refractivity contribution in [3.63, 3.8) is 0 Å². The summed E-state index contributed by atoms with van der Waals surface area (Å²) in [5.41, 5.74) is -0.411. The molecule has 9 heteroatoms. The molecular formula is C16H21F3N2O3S. The summed E-state index contributed by atoms with van der Waals surface area (Å²) in [6, 6.07) is 1.47. The molecule has 0 spiro atoms. The molecule has 1 saturated carbocycles. The minimum atomic E-state index is -3.38. The van der Waals surface area contributed by atoms with E-state index in [4.69, 9.17) is 0 Å². The van der Waals surface area contributed by atoms with Crippen molar-refractivity contribution in [2.24, 2.45) is 5.92 Å². The SMILES string of the molecule is CC(C)S(=O)(=O)NC1CCC(C(=O)Nc2ccc(F)c(F)c2F)CC1. The van der Waals surface area contributed by atoms with Gasteiger partial charge in [-0.05, 0) is 51.7 Å². The van der Waals surface area contributed by atoms with E-state index < -0.39 is 50.2 Å². The van der Waals surface area contributed by atoms with Crippen LogP contribution in [0.4, 0.5) is 18.9 Å². The highest BCUT2D eigenvalue weighted by Gasteiger charge is 2.30. The number of benzene rings is 1. The number of halogens is 3. The lowest BCUT2D eigenvalue weighted by Crippen LogP contribution is -2.42. The average molecular weight is 378 g/mol. The smallest absolute Gasteiger partial charge is 0.227 e. The highest BCUT2D eigenvalue weighted by atomic mass is 32.2. The summed E-state index contributed by atoms with van der Waals surface area (Å²) < 4.78 is 66.0. The minimum Gasteiger partial charge on any atom is -0.323 e. The molecule has 140 valence electrons. The van der Waals surface area contributed by atoms with E-state index >= 15 is 0 Å². The molecular weight excluding hydrogens is 357 g/mol. The first kappa shape index (κ1) is 19.7. The van der Waals surface area contributed by atoms with Gasteiger partial charge in [0.2, 0.25) is 15.9 Å². The number of sulfonamides is 1. The summed E-state index contributed by atoms with van der Waals surface area (Å²) >= 11 is 0. The number of hydrogen-bond donors (Lipinski definition) is 2. The van der Waals surface area contributed by atoms with Gasteiger partial charge in [0.05, 0.1) is 10.9 Å². The molecule has 0 unspecified atom stereocenters. The monoisotopic (exact) mass is 378 g/mol. The maximum Gasteiger partial charge on any atom is 0.227 e. The highest BCUT2D eigenvalue weighted by Crippen LogP contribution is 2.27. The second-order valence-corrected chi connectivity index (χ2v) is 8.74. The van der Waals surface area contributed by atoms with E-state index in [0.29, 0.717) is 25.7 Å². The van der Waals surface area contributed by atoms with Crippen LogP contribution in [0.3, 0.4) is 0 Å². The third kappa shape index (κ3) is 4.72. The van der Waals surface area contributed by atoms with Crippen LogP contribution < -0.4 is 10.0 Å². The molecule has 25 heavy (non-hydrogen) atoms. The van der Waals surface area contributed by atoms with Crippen LogP contribution in [0.25, 0.3) is 0 Å². The van der Waals surface area contributed by atoms with E-state index in [2.05, 4.69) is 10.0 Å². The minimum absolute atomic E-state index is 0.239. The Balaban J connectivity index is 1.93. The predicted molar refractivity (Wildman–Crippen MR) is 87.9 cm³/mol. The van der Waals surface area contributed by atoms with Gasteiger partial charge in [-0.1, -0.05) is 0 Å². The summed E-state index contributed by atoms with van der Waals surface area (Å²) in [6.07, 6.45) is 1.79. The molecule has 0 aliphatic heterocycles. The van der Waals surface area contributed by atoms with Gasteiger partial charge in [-0.3, -0.25) is 4.79 Å². The Morgan fingerprint density at radius 3 is 2.24 bits per heavy atom. The summed E-state index contributed by atoms with van der Waals surface area (Å²) in [5, 5.41) is 1.73. The van der Waals surface area contributed by atoms with Crippen LogP contribution in [0, 0.1) is 23.4 Å². The zero-order chi connectivity index (χ0) is 18.8. The van der Waals surface area contributed by atoms with Crippen LogP contribution in [-0.2, 0) is 14.8 Å². The second-order valence-electron chi connectivity index (χ2n) is 6.47. The number of anilines is 1. The van der Waals surface area contributed by atoms with Crippen LogP contribution in [0.2, 0.25) is 0 Å². The molecule has 1 amide bonds. The lowest BCUT2D eigenvalue weighted by atomic mass is 9.86. The van der Waals surface area contributed by atoms with Crippen molar-refractivity contribution >= 4 is 21.6 Å². The first-order valence-corrected chi connectivity index (χ1v) is 9.62. The van der Waals surface area contributed by atoms with E-state index in [1.165, 1.54) is 0 Å². The van der Waals surface area contributed by atoms with Crippen LogP contribution in [-0.4, -0.2) is 25.6 Å². The van der Waals surface area contributed by atoms with Gasteiger partial charge in [0.15, 0.2) is 17.5 Å². The maximum absolute atomic E-state index is 13.6. The standard InChI is InChI=1S/C16H21F3N2O3S/c1-9(2)25(23,24)21-11-5-3-10(4-6-11)16(22)20-13-8-7-12(17)14(18)15(13)19/h7-11,21H,3-6H2,1-2H3,(H,20,22). The fraction of sp³-hybridized carbons (Fsp3) is 0.562. The molecule has 0 saturated heterocycles. The van der Waals surface area contributed by atoms with Crippen LogP contribution >= 0.6 is 0 Å². The number of hydrogen-bond acceptors (Lipinski definition) is 3. The molecule has 0 atom stereocenters. The fourth-order valence-corrected chi connectivity index (χ4v) is 3.67. The molecule has 1 fully saturated rings. The number of nitrogens with one attached hydrogen (secondary N) is 2. The van der Waals surface area contributed by atoms with Crippen LogP contribution in [0.1, 0.15) is 39.5 Å². The van der Waals surface area contributed by atoms with Crippen LogP contribution in [0.15, 0.2) is 12.1 Å². The summed E-state index contributed by atoms with van der Waals surface area (Å²) in [7, 11) is -3.38. The third-order valence-electron chi connectivity index (χ3n) is 4.34. The first-order chi connectivity index (χ1) is 11.6. The summed E-state index contributed by atoms with van der Waals surface area (Å²) in [5.74, 6) is -5.33. The molecule has 0 radical (unpaired) electrons. The number of amides is 1. The van der Waals surface area contributed by atoms with E-state index in [1.807, 2.05) is 0 Å². The lowest BCUT2D eigenvalue weighted by molar-refractivity contribution is -0.120. The van der Waals surface area contributed by atoms with Gasteiger partial charge in [-0.15, -0.1) is 0 Å². The quantitative estimate of drug-likeness (QED) is 0.774. The average Bonchev–Trinajstić information content (AvgIpc) is 2.55. The molecule has 0 aromatic heterocycles. The molecule has 2 rings (SSSR count). The van der Waals surface area contributed by atoms with Crippen molar-refractivity contribution in [3.05, 3.63) is 29.6 Å². The normalized spacial score (nSPS) is 21.4. The second kappa shape index (κ2) is 7.74. The first-order valence-electron chi connectivity index (χ1n) is 8.07. The van der Waals surface area contributed by atoms with E-state index in [0.717, 1.165) is 12.1 Å². The van der Waals surface area contributed by atoms with Crippen molar-refractivity contribution in [3.8, 4) is 0 Å². The molecule has 5 nitrogen and oxygen atoms in total. The number of rotatable bonds is 5. The summed E-state index contributed by atoms with van der Waals surface area (Å²) in [6.45, 7) is 3.16. The van der Waals surface area contributed by atoms with Crippen molar-refractivity contribution in [2.75, 3.05) is 5.32 Å². The molecule has 2 N–H and O–H groups in total. The molecule has 1 aromatic carbocycles. The third-order valence-corrected chi connectivity index (χ3v) is 6.25. The Hall–Kier alpha value is -1.61. The number of carbonyl (C=O) groups excluding carboxylic acids is 1. The Bertz CT molecular complexity index is 745. The molecule has 1 aromatic rings. The van der Waals surface area contributed by atoms with Gasteiger partial charge in [0, 0.05) is 12.0 Å². The van der Waals surface area contributed by atoms with Gasteiger partial charge in [0.1, 0.15) is 0 Å². The molecule has 0 bridgehead atoms.